The number of carbonyl (C=O) groups excluding carboxylic acids is 1. The summed E-state index contributed by atoms with van der Waals surface area (Å²) in [6.45, 7) is 5.84. The molecular weight excluding hydrogens is 166 g/mol. The first kappa shape index (κ1) is 10.5. The zero-order chi connectivity index (χ0) is 10.1. The first-order valence-electron chi connectivity index (χ1n) is 4.92. The lowest BCUT2D eigenvalue weighted by atomic mass is 10.1. The van der Waals surface area contributed by atoms with Crippen LogP contribution >= 0.6 is 0 Å². The number of rotatable bonds is 4. The van der Waals surface area contributed by atoms with Gasteiger partial charge in [-0.3, -0.25) is 4.79 Å². The van der Waals surface area contributed by atoms with Gasteiger partial charge in [-0.2, -0.15) is 0 Å². The van der Waals surface area contributed by atoms with Crippen LogP contribution in [0.25, 0.3) is 0 Å². The molecule has 0 aliphatic heterocycles. The van der Waals surface area contributed by atoms with E-state index >= 15 is 0 Å². The van der Waals surface area contributed by atoms with E-state index in [-0.39, 0.29) is 5.91 Å². The lowest BCUT2D eigenvalue weighted by Gasteiger charge is -2.18. The van der Waals surface area contributed by atoms with Crippen LogP contribution in [0.2, 0.25) is 0 Å². The van der Waals surface area contributed by atoms with E-state index < -0.39 is 5.60 Å². The summed E-state index contributed by atoms with van der Waals surface area (Å²) in [5, 5.41) is 12.1. The predicted octanol–water partition coefficient (Wildman–Crippen LogP) is 0.920. The maximum absolute atomic E-state index is 11.3. The molecule has 1 rings (SSSR count). The molecule has 0 aromatic heterocycles. The normalized spacial score (nSPS) is 19.7. The Hall–Kier alpha value is -0.570. The molecule has 0 saturated heterocycles. The molecule has 0 radical (unpaired) electrons. The van der Waals surface area contributed by atoms with Gasteiger partial charge in [-0.15, -0.1) is 0 Å². The minimum atomic E-state index is -1.25. The molecule has 1 saturated carbocycles. The summed E-state index contributed by atoms with van der Waals surface area (Å²) in [5.74, 6) is 1.06. The molecule has 1 aliphatic rings. The van der Waals surface area contributed by atoms with Gasteiger partial charge in [0.25, 0.3) is 5.91 Å². The lowest BCUT2D eigenvalue weighted by molar-refractivity contribution is -0.136. The van der Waals surface area contributed by atoms with E-state index in [1.54, 1.807) is 0 Å². The van der Waals surface area contributed by atoms with Crippen LogP contribution in [0.5, 0.6) is 0 Å². The van der Waals surface area contributed by atoms with Crippen LogP contribution in [0.4, 0.5) is 0 Å². The molecule has 3 nitrogen and oxygen atoms in total. The molecule has 3 heteroatoms. The molecular formula is C10H19NO2. The van der Waals surface area contributed by atoms with E-state index in [1.807, 2.05) is 0 Å². The number of nitrogens with one attached hydrogen (secondary N) is 1. The molecule has 1 amide bonds. The lowest BCUT2D eigenvalue weighted by Crippen LogP contribution is -2.43. The first-order valence-corrected chi connectivity index (χ1v) is 4.92. The summed E-state index contributed by atoms with van der Waals surface area (Å²) in [4.78, 5) is 11.3. The third-order valence-electron chi connectivity index (χ3n) is 2.57. The number of hydrogen-bond acceptors (Lipinski definition) is 2. The van der Waals surface area contributed by atoms with E-state index in [2.05, 4.69) is 12.2 Å². The van der Waals surface area contributed by atoms with Gasteiger partial charge >= 0.3 is 0 Å². The largest absolute Gasteiger partial charge is 0.381 e. The molecule has 0 aromatic rings. The quantitative estimate of drug-likeness (QED) is 0.684. The summed E-state index contributed by atoms with van der Waals surface area (Å²) >= 11 is 0. The summed E-state index contributed by atoms with van der Waals surface area (Å²) < 4.78 is 0. The fourth-order valence-electron chi connectivity index (χ4n) is 1.30. The first-order chi connectivity index (χ1) is 5.91. The Morgan fingerprint density at radius 1 is 1.62 bits per heavy atom. The molecule has 0 aromatic carbocycles. The summed E-state index contributed by atoms with van der Waals surface area (Å²) in [6, 6.07) is 0. The molecule has 76 valence electrons. The third-order valence-corrected chi connectivity index (χ3v) is 2.57. The summed E-state index contributed by atoms with van der Waals surface area (Å²) in [6.07, 6.45) is 2.58. The van der Waals surface area contributed by atoms with Crippen molar-refractivity contribution in [1.82, 2.24) is 5.32 Å². The maximum Gasteiger partial charge on any atom is 0.251 e. The van der Waals surface area contributed by atoms with Gasteiger partial charge in [-0.05, 0) is 38.5 Å². The number of amides is 1. The Morgan fingerprint density at radius 3 is 2.54 bits per heavy atom. The minimum absolute atomic E-state index is 0.278. The Labute approximate surface area is 79.5 Å². The summed E-state index contributed by atoms with van der Waals surface area (Å²) in [5.41, 5.74) is -1.25. The molecule has 0 heterocycles. The number of hydrogen-bond donors (Lipinski definition) is 2. The summed E-state index contributed by atoms with van der Waals surface area (Å²) in [7, 11) is 0. The average molecular weight is 185 g/mol. The molecule has 1 aliphatic carbocycles. The van der Waals surface area contributed by atoms with Crippen LogP contribution in [-0.2, 0) is 4.79 Å². The van der Waals surface area contributed by atoms with Crippen molar-refractivity contribution in [3.63, 3.8) is 0 Å². The van der Waals surface area contributed by atoms with Crippen LogP contribution in [0.1, 0.15) is 33.6 Å². The van der Waals surface area contributed by atoms with Crippen molar-refractivity contribution in [3.8, 4) is 0 Å². The van der Waals surface area contributed by atoms with Crippen molar-refractivity contribution in [2.24, 2.45) is 11.8 Å². The molecule has 13 heavy (non-hydrogen) atoms. The predicted molar refractivity (Wildman–Crippen MR) is 51.2 cm³/mol. The third kappa shape index (κ3) is 3.35. The van der Waals surface area contributed by atoms with Gasteiger partial charge in [0.05, 0.1) is 0 Å². The highest BCUT2D eigenvalue weighted by molar-refractivity contribution is 5.83. The Kier molecular flexibility index (Phi) is 2.96. The fourth-order valence-corrected chi connectivity index (χ4v) is 1.30. The van der Waals surface area contributed by atoms with Gasteiger partial charge < -0.3 is 10.4 Å². The smallest absolute Gasteiger partial charge is 0.251 e. The zero-order valence-electron chi connectivity index (χ0n) is 8.63. The average Bonchev–Trinajstić information content (AvgIpc) is 2.79. The van der Waals surface area contributed by atoms with Crippen molar-refractivity contribution in [2.75, 3.05) is 6.54 Å². The van der Waals surface area contributed by atoms with Gasteiger partial charge in [0, 0.05) is 6.54 Å². The van der Waals surface area contributed by atoms with Crippen LogP contribution in [-0.4, -0.2) is 23.2 Å². The van der Waals surface area contributed by atoms with Crippen LogP contribution < -0.4 is 5.32 Å². The second kappa shape index (κ2) is 3.66. The van der Waals surface area contributed by atoms with Crippen molar-refractivity contribution in [1.29, 1.82) is 0 Å². The molecule has 2 N–H and O–H groups in total. The second-order valence-electron chi connectivity index (χ2n) is 4.58. The molecule has 1 fully saturated rings. The van der Waals surface area contributed by atoms with Crippen LogP contribution in [0.15, 0.2) is 0 Å². The van der Waals surface area contributed by atoms with E-state index in [0.29, 0.717) is 12.5 Å². The SMILES string of the molecule is CC(CNC(=O)C(C)(C)O)C1CC1. The van der Waals surface area contributed by atoms with Gasteiger partial charge in [0.2, 0.25) is 0 Å². The Bertz CT molecular complexity index is 192. The highest BCUT2D eigenvalue weighted by atomic mass is 16.3. The van der Waals surface area contributed by atoms with Crippen molar-refractivity contribution in [2.45, 2.75) is 39.2 Å². The second-order valence-corrected chi connectivity index (χ2v) is 4.58. The van der Waals surface area contributed by atoms with E-state index in [9.17, 15) is 9.90 Å². The van der Waals surface area contributed by atoms with E-state index in [0.717, 1.165) is 5.92 Å². The van der Waals surface area contributed by atoms with Gasteiger partial charge in [-0.25, -0.2) is 0 Å². The standard InChI is InChI=1S/C10H19NO2/c1-7(8-4-5-8)6-11-9(12)10(2,3)13/h7-8,13H,4-6H2,1-3H3,(H,11,12). The van der Waals surface area contributed by atoms with Crippen molar-refractivity contribution in [3.05, 3.63) is 0 Å². The maximum atomic E-state index is 11.3. The molecule has 1 unspecified atom stereocenters. The fraction of sp³-hybridized carbons (Fsp3) is 0.900. The topological polar surface area (TPSA) is 49.3 Å². The molecule has 1 atom stereocenters. The molecule has 0 bridgehead atoms. The van der Waals surface area contributed by atoms with Gasteiger partial charge in [0.15, 0.2) is 0 Å². The van der Waals surface area contributed by atoms with Gasteiger partial charge in [-0.1, -0.05) is 6.92 Å². The van der Waals surface area contributed by atoms with Crippen LogP contribution in [0, 0.1) is 11.8 Å². The zero-order valence-corrected chi connectivity index (χ0v) is 8.63. The van der Waals surface area contributed by atoms with E-state index in [4.69, 9.17) is 0 Å². The van der Waals surface area contributed by atoms with E-state index in [1.165, 1.54) is 26.7 Å². The number of aliphatic hydroxyl groups is 1. The number of carbonyl (C=O) groups is 1. The highest BCUT2D eigenvalue weighted by Gasteiger charge is 2.29. The van der Waals surface area contributed by atoms with Crippen molar-refractivity contribution < 1.29 is 9.90 Å². The Morgan fingerprint density at radius 2 is 2.15 bits per heavy atom. The van der Waals surface area contributed by atoms with Gasteiger partial charge in [0.1, 0.15) is 5.60 Å². The highest BCUT2D eigenvalue weighted by Crippen LogP contribution is 2.36. The van der Waals surface area contributed by atoms with Crippen molar-refractivity contribution >= 4 is 5.91 Å². The Balaban J connectivity index is 2.21. The molecule has 0 spiro atoms. The minimum Gasteiger partial charge on any atom is -0.381 e. The monoisotopic (exact) mass is 185 g/mol. The van der Waals surface area contributed by atoms with Crippen LogP contribution in [0.3, 0.4) is 0 Å².